The molecule has 3 aromatic heterocycles. The quantitative estimate of drug-likeness (QED) is 0.384. The maximum absolute atomic E-state index is 12.1. The van der Waals surface area contributed by atoms with Crippen LogP contribution in [0.15, 0.2) is 42.5 Å². The molecule has 1 aliphatic heterocycles. The van der Waals surface area contributed by atoms with Crippen LogP contribution < -0.4 is 15.5 Å². The summed E-state index contributed by atoms with van der Waals surface area (Å²) in [6, 6.07) is 15.3. The molecule has 0 bridgehead atoms. The van der Waals surface area contributed by atoms with Crippen molar-refractivity contribution in [3.63, 3.8) is 0 Å². The molecule has 1 aliphatic carbocycles. The molecule has 2 aliphatic rings. The molecule has 4 heterocycles. The van der Waals surface area contributed by atoms with E-state index in [2.05, 4.69) is 81.7 Å². The van der Waals surface area contributed by atoms with Crippen molar-refractivity contribution in [3.8, 4) is 0 Å². The molecule has 1 aromatic carbocycles. The summed E-state index contributed by atoms with van der Waals surface area (Å²) in [6.45, 7) is 8.55. The van der Waals surface area contributed by atoms with E-state index < -0.39 is 0 Å². The molecule has 0 unspecified atom stereocenters. The van der Waals surface area contributed by atoms with E-state index >= 15 is 0 Å². The fourth-order valence-electron chi connectivity index (χ4n) is 4.85. The molecule has 2 fully saturated rings. The molecule has 182 valence electrons. The highest BCUT2D eigenvalue weighted by molar-refractivity contribution is 5.92. The molecule has 1 saturated carbocycles. The van der Waals surface area contributed by atoms with Gasteiger partial charge in [0.25, 0.3) is 0 Å². The molecule has 0 spiro atoms. The number of aromatic nitrogens is 4. The van der Waals surface area contributed by atoms with E-state index in [1.807, 2.05) is 16.6 Å². The molecule has 3 N–H and O–H groups in total. The van der Waals surface area contributed by atoms with Gasteiger partial charge in [-0.05, 0) is 61.4 Å². The monoisotopic (exact) mass is 471 g/mol. The lowest BCUT2D eigenvalue weighted by atomic mass is 9.92. The first kappa shape index (κ1) is 21.9. The molecule has 1 saturated heterocycles. The highest BCUT2D eigenvalue weighted by Gasteiger charge is 2.30. The molecule has 1 amide bonds. The summed E-state index contributed by atoms with van der Waals surface area (Å²) < 4.78 is 1.85. The molecule has 35 heavy (non-hydrogen) atoms. The number of anilines is 3. The van der Waals surface area contributed by atoms with E-state index in [1.54, 1.807) is 0 Å². The molecule has 4 aromatic rings. The zero-order chi connectivity index (χ0) is 24.2. The number of hydrogen-bond donors (Lipinski definition) is 3. The number of hydrogen-bond acceptors (Lipinski definition) is 5. The second kappa shape index (κ2) is 8.29. The second-order valence-electron chi connectivity index (χ2n) is 11.0. The topological polar surface area (TPSA) is 90.3 Å². The van der Waals surface area contributed by atoms with Crippen LogP contribution in [-0.2, 0) is 10.2 Å². The second-order valence-corrected chi connectivity index (χ2v) is 11.0. The largest absolute Gasteiger partial charge is 0.382 e. The SMILES string of the molecule is CC(C)(C)c1cc2ccc(NC3CCN(c4cccc5nc(NC(=O)C6CC6)nn45)CC3)cc2[nH]1. The Bertz CT molecular complexity index is 1380. The molecular weight excluding hydrogens is 438 g/mol. The number of pyridine rings is 1. The number of fused-ring (bicyclic) bond motifs is 2. The highest BCUT2D eigenvalue weighted by atomic mass is 16.2. The average Bonchev–Trinajstić information content (AvgIpc) is 3.46. The van der Waals surface area contributed by atoms with Gasteiger partial charge in [0.2, 0.25) is 11.9 Å². The summed E-state index contributed by atoms with van der Waals surface area (Å²) in [4.78, 5) is 22.6. The Hall–Kier alpha value is -3.55. The van der Waals surface area contributed by atoms with Crippen LogP contribution in [0, 0.1) is 5.92 Å². The van der Waals surface area contributed by atoms with Gasteiger partial charge in [-0.3, -0.25) is 10.1 Å². The predicted molar refractivity (Wildman–Crippen MR) is 140 cm³/mol. The van der Waals surface area contributed by atoms with Crippen LogP contribution in [0.5, 0.6) is 0 Å². The number of H-pyrrole nitrogens is 1. The van der Waals surface area contributed by atoms with Crippen LogP contribution in [0.3, 0.4) is 0 Å². The zero-order valence-corrected chi connectivity index (χ0v) is 20.6. The Kier molecular flexibility index (Phi) is 5.20. The normalized spacial score (nSPS) is 17.3. The van der Waals surface area contributed by atoms with E-state index in [4.69, 9.17) is 0 Å². The van der Waals surface area contributed by atoms with Crippen molar-refractivity contribution in [2.75, 3.05) is 28.6 Å². The predicted octanol–water partition coefficient (Wildman–Crippen LogP) is 4.94. The molecule has 8 heteroatoms. The van der Waals surface area contributed by atoms with Crippen LogP contribution in [0.1, 0.15) is 52.1 Å². The van der Waals surface area contributed by atoms with Gasteiger partial charge in [0, 0.05) is 47.4 Å². The van der Waals surface area contributed by atoms with E-state index in [0.29, 0.717) is 12.0 Å². The third-order valence-corrected chi connectivity index (χ3v) is 7.14. The molecular formula is C27H33N7O. The third-order valence-electron chi connectivity index (χ3n) is 7.14. The van der Waals surface area contributed by atoms with Gasteiger partial charge in [-0.2, -0.15) is 9.50 Å². The number of nitrogens with zero attached hydrogens (tertiary/aromatic N) is 4. The van der Waals surface area contributed by atoms with Crippen molar-refractivity contribution in [2.24, 2.45) is 5.92 Å². The van der Waals surface area contributed by atoms with E-state index in [-0.39, 0.29) is 17.2 Å². The van der Waals surface area contributed by atoms with Crippen molar-refractivity contribution in [2.45, 2.75) is 57.9 Å². The van der Waals surface area contributed by atoms with Gasteiger partial charge in [0.15, 0.2) is 5.65 Å². The maximum Gasteiger partial charge on any atom is 0.249 e. The summed E-state index contributed by atoms with van der Waals surface area (Å²) in [6.07, 6.45) is 3.99. The van der Waals surface area contributed by atoms with Crippen LogP contribution in [0.2, 0.25) is 0 Å². The van der Waals surface area contributed by atoms with Gasteiger partial charge in [-0.25, -0.2) is 0 Å². The van der Waals surface area contributed by atoms with Crippen molar-refractivity contribution in [1.29, 1.82) is 0 Å². The number of rotatable bonds is 5. The Morgan fingerprint density at radius 1 is 1.06 bits per heavy atom. The molecule has 0 radical (unpaired) electrons. The minimum absolute atomic E-state index is 0.0292. The van der Waals surface area contributed by atoms with Crippen molar-refractivity contribution < 1.29 is 4.79 Å². The van der Waals surface area contributed by atoms with E-state index in [0.717, 1.165) is 55.9 Å². The number of carbonyl (C=O) groups excluding carboxylic acids is 1. The Morgan fingerprint density at radius 2 is 1.86 bits per heavy atom. The standard InChI is InChI=1S/C27H33N7O/c1-27(2,3)22-15-18-9-10-20(16-21(18)29-22)28-19-11-13-33(14-12-19)24-6-4-5-23-30-26(32-34(23)24)31-25(35)17-7-8-17/h4-6,9-10,15-17,19,28-29H,7-8,11-14H2,1-3H3,(H,31,32,35). The Morgan fingerprint density at radius 3 is 2.60 bits per heavy atom. The van der Waals surface area contributed by atoms with Gasteiger partial charge in [0.05, 0.1) is 0 Å². The summed E-state index contributed by atoms with van der Waals surface area (Å²) in [5.41, 5.74) is 4.46. The van der Waals surface area contributed by atoms with Gasteiger partial charge in [0.1, 0.15) is 5.82 Å². The van der Waals surface area contributed by atoms with Gasteiger partial charge >= 0.3 is 0 Å². The summed E-state index contributed by atoms with van der Waals surface area (Å²) in [5, 5.41) is 12.4. The van der Waals surface area contributed by atoms with Crippen LogP contribution >= 0.6 is 0 Å². The smallest absolute Gasteiger partial charge is 0.249 e. The Labute approximate surface area is 205 Å². The highest BCUT2D eigenvalue weighted by Crippen LogP contribution is 2.31. The number of aromatic amines is 1. The summed E-state index contributed by atoms with van der Waals surface area (Å²) in [7, 11) is 0. The van der Waals surface area contributed by atoms with Crippen LogP contribution in [0.25, 0.3) is 16.6 Å². The lowest BCUT2D eigenvalue weighted by molar-refractivity contribution is -0.117. The van der Waals surface area contributed by atoms with Gasteiger partial charge in [-0.15, -0.1) is 5.10 Å². The molecule has 0 atom stereocenters. The average molecular weight is 472 g/mol. The lowest BCUT2D eigenvalue weighted by Crippen LogP contribution is -2.40. The fourth-order valence-corrected chi connectivity index (χ4v) is 4.85. The maximum atomic E-state index is 12.1. The first-order valence-corrected chi connectivity index (χ1v) is 12.6. The zero-order valence-electron chi connectivity index (χ0n) is 20.6. The summed E-state index contributed by atoms with van der Waals surface area (Å²) >= 11 is 0. The van der Waals surface area contributed by atoms with Crippen molar-refractivity contribution in [1.82, 2.24) is 19.6 Å². The Balaban J connectivity index is 1.12. The molecule has 8 nitrogen and oxygen atoms in total. The van der Waals surface area contributed by atoms with E-state index in [1.165, 1.54) is 16.6 Å². The van der Waals surface area contributed by atoms with Crippen molar-refractivity contribution in [3.05, 3.63) is 48.2 Å². The van der Waals surface area contributed by atoms with Crippen molar-refractivity contribution >= 4 is 39.9 Å². The van der Waals surface area contributed by atoms with E-state index in [9.17, 15) is 4.79 Å². The number of piperidine rings is 1. The van der Waals surface area contributed by atoms with Crippen LogP contribution in [0.4, 0.5) is 17.5 Å². The first-order valence-electron chi connectivity index (χ1n) is 12.6. The fraction of sp³-hybridized carbons (Fsp3) is 0.444. The number of nitrogens with one attached hydrogen (secondary N) is 3. The lowest BCUT2D eigenvalue weighted by Gasteiger charge is -2.34. The number of carbonyl (C=O) groups is 1. The number of amides is 1. The number of benzene rings is 1. The first-order chi connectivity index (χ1) is 16.8. The summed E-state index contributed by atoms with van der Waals surface area (Å²) in [5.74, 6) is 1.57. The third kappa shape index (κ3) is 4.45. The van der Waals surface area contributed by atoms with Crippen LogP contribution in [-0.4, -0.2) is 44.6 Å². The van der Waals surface area contributed by atoms with Gasteiger partial charge in [-0.1, -0.05) is 32.9 Å². The molecule has 6 rings (SSSR count). The minimum Gasteiger partial charge on any atom is -0.382 e. The minimum atomic E-state index is 0.0292. The van der Waals surface area contributed by atoms with Gasteiger partial charge < -0.3 is 15.2 Å².